The van der Waals surface area contributed by atoms with E-state index in [0.717, 1.165) is 18.0 Å². The van der Waals surface area contributed by atoms with E-state index in [-0.39, 0.29) is 17.3 Å². The molecular weight excluding hydrogens is 306 g/mol. The van der Waals surface area contributed by atoms with E-state index >= 15 is 0 Å². The molecule has 0 aliphatic heterocycles. The Balaban J connectivity index is 1.57. The fourth-order valence-electron chi connectivity index (χ4n) is 1.96. The summed E-state index contributed by atoms with van der Waals surface area (Å²) >= 11 is 1.30. The molecule has 3 rings (SSSR count). The number of rotatable bonds is 6. The fourth-order valence-corrected chi connectivity index (χ4v) is 2.75. The number of nitro benzene ring substituents is 1. The van der Waals surface area contributed by atoms with E-state index in [2.05, 4.69) is 15.5 Å². The Bertz CT molecular complexity index is 713. The number of aromatic nitrogens is 3. The molecule has 1 fully saturated rings. The second-order valence-electron chi connectivity index (χ2n) is 4.90. The first-order valence-electron chi connectivity index (χ1n) is 6.70. The lowest BCUT2D eigenvalue weighted by molar-refractivity contribution is -0.384. The summed E-state index contributed by atoms with van der Waals surface area (Å²) < 4.78 is 1.98. The Labute approximate surface area is 130 Å². The lowest BCUT2D eigenvalue weighted by Crippen LogP contribution is -2.14. The first-order chi connectivity index (χ1) is 10.6. The highest BCUT2D eigenvalue weighted by Crippen LogP contribution is 2.37. The molecule has 9 heteroatoms. The van der Waals surface area contributed by atoms with Crippen molar-refractivity contribution in [2.24, 2.45) is 0 Å². The zero-order valence-electron chi connectivity index (χ0n) is 11.5. The Hall–Kier alpha value is -2.42. The Kier molecular flexibility index (Phi) is 4.05. The van der Waals surface area contributed by atoms with Gasteiger partial charge < -0.3 is 9.88 Å². The lowest BCUT2D eigenvalue weighted by Gasteiger charge is -2.06. The van der Waals surface area contributed by atoms with Crippen LogP contribution in [0.25, 0.3) is 0 Å². The van der Waals surface area contributed by atoms with Gasteiger partial charge in [-0.1, -0.05) is 17.8 Å². The molecule has 0 saturated heterocycles. The van der Waals surface area contributed by atoms with Crippen molar-refractivity contribution < 1.29 is 9.72 Å². The van der Waals surface area contributed by atoms with Crippen molar-refractivity contribution in [3.63, 3.8) is 0 Å². The van der Waals surface area contributed by atoms with Crippen LogP contribution in [-0.4, -0.2) is 31.3 Å². The van der Waals surface area contributed by atoms with Gasteiger partial charge in [0.05, 0.1) is 10.7 Å². The number of carbonyl (C=O) groups excluding carboxylic acids is 1. The van der Waals surface area contributed by atoms with Crippen LogP contribution in [-0.2, 0) is 4.79 Å². The molecule has 0 spiro atoms. The van der Waals surface area contributed by atoms with E-state index in [1.165, 1.54) is 30.0 Å². The average Bonchev–Trinajstić information content (AvgIpc) is 3.24. The number of nitro groups is 1. The number of carbonyl (C=O) groups is 1. The van der Waals surface area contributed by atoms with E-state index < -0.39 is 4.92 Å². The second kappa shape index (κ2) is 6.14. The van der Waals surface area contributed by atoms with E-state index in [0.29, 0.717) is 11.7 Å². The van der Waals surface area contributed by atoms with Gasteiger partial charge in [-0.05, 0) is 18.9 Å². The van der Waals surface area contributed by atoms with Gasteiger partial charge in [-0.15, -0.1) is 10.2 Å². The van der Waals surface area contributed by atoms with Crippen LogP contribution in [0.2, 0.25) is 0 Å². The molecular formula is C13H13N5O3S. The molecule has 1 aromatic carbocycles. The molecule has 2 aromatic rings. The minimum atomic E-state index is -0.498. The predicted molar refractivity (Wildman–Crippen MR) is 80.7 cm³/mol. The van der Waals surface area contributed by atoms with Crippen molar-refractivity contribution in [3.05, 3.63) is 40.7 Å². The zero-order chi connectivity index (χ0) is 15.5. The third-order valence-electron chi connectivity index (χ3n) is 3.15. The number of amides is 1. The largest absolute Gasteiger partial charge is 0.325 e. The first-order valence-corrected chi connectivity index (χ1v) is 7.68. The van der Waals surface area contributed by atoms with E-state index in [9.17, 15) is 14.9 Å². The summed E-state index contributed by atoms with van der Waals surface area (Å²) in [5, 5.41) is 21.9. The van der Waals surface area contributed by atoms with Gasteiger partial charge in [-0.25, -0.2) is 0 Å². The highest BCUT2D eigenvalue weighted by atomic mass is 32.2. The van der Waals surface area contributed by atoms with Crippen LogP contribution in [0, 0.1) is 10.1 Å². The molecule has 1 saturated carbocycles. The number of anilines is 1. The van der Waals surface area contributed by atoms with E-state index in [1.807, 2.05) is 4.57 Å². The van der Waals surface area contributed by atoms with Crippen LogP contribution >= 0.6 is 11.8 Å². The number of hydrogen-bond acceptors (Lipinski definition) is 6. The molecule has 22 heavy (non-hydrogen) atoms. The summed E-state index contributed by atoms with van der Waals surface area (Å²) in [4.78, 5) is 22.1. The number of non-ortho nitro benzene ring substituents is 1. The predicted octanol–water partition coefficient (Wildman–Crippen LogP) is 2.25. The van der Waals surface area contributed by atoms with Crippen molar-refractivity contribution in [2.75, 3.05) is 11.1 Å². The van der Waals surface area contributed by atoms with Crippen molar-refractivity contribution in [1.82, 2.24) is 14.8 Å². The highest BCUT2D eigenvalue weighted by molar-refractivity contribution is 7.99. The summed E-state index contributed by atoms with van der Waals surface area (Å²) in [7, 11) is 0. The maximum atomic E-state index is 11.9. The van der Waals surface area contributed by atoms with E-state index in [4.69, 9.17) is 0 Å². The van der Waals surface area contributed by atoms with Crippen LogP contribution < -0.4 is 5.32 Å². The van der Waals surface area contributed by atoms with Gasteiger partial charge in [0.2, 0.25) is 5.91 Å². The van der Waals surface area contributed by atoms with Crippen LogP contribution in [0.1, 0.15) is 18.9 Å². The number of nitrogens with one attached hydrogen (secondary N) is 1. The van der Waals surface area contributed by atoms with Gasteiger partial charge in [-0.2, -0.15) is 0 Å². The molecule has 8 nitrogen and oxygen atoms in total. The molecule has 1 aromatic heterocycles. The maximum absolute atomic E-state index is 11.9. The van der Waals surface area contributed by atoms with Crippen LogP contribution in [0.3, 0.4) is 0 Å². The summed E-state index contributed by atoms with van der Waals surface area (Å²) in [6, 6.07) is 6.31. The van der Waals surface area contributed by atoms with Gasteiger partial charge in [0.25, 0.3) is 5.69 Å². The van der Waals surface area contributed by atoms with Crippen molar-refractivity contribution in [2.45, 2.75) is 24.0 Å². The smallest absolute Gasteiger partial charge is 0.271 e. The summed E-state index contributed by atoms with van der Waals surface area (Å²) in [5.41, 5.74) is 0.349. The minimum absolute atomic E-state index is 0.0565. The Morgan fingerprint density at radius 1 is 1.50 bits per heavy atom. The third kappa shape index (κ3) is 3.42. The minimum Gasteiger partial charge on any atom is -0.325 e. The molecule has 1 amide bonds. The monoisotopic (exact) mass is 319 g/mol. The molecule has 1 aliphatic rings. The third-order valence-corrected chi connectivity index (χ3v) is 4.11. The van der Waals surface area contributed by atoms with Crippen LogP contribution in [0.4, 0.5) is 11.4 Å². The Morgan fingerprint density at radius 2 is 2.32 bits per heavy atom. The molecule has 1 aliphatic carbocycles. The van der Waals surface area contributed by atoms with Gasteiger partial charge in [-0.3, -0.25) is 14.9 Å². The molecule has 1 heterocycles. The normalized spacial score (nSPS) is 13.8. The van der Waals surface area contributed by atoms with Crippen molar-refractivity contribution >= 4 is 29.0 Å². The summed E-state index contributed by atoms with van der Waals surface area (Å²) in [6.45, 7) is 0. The highest BCUT2D eigenvalue weighted by Gasteiger charge is 2.26. The van der Waals surface area contributed by atoms with Gasteiger partial charge in [0.15, 0.2) is 5.16 Å². The maximum Gasteiger partial charge on any atom is 0.271 e. The first kappa shape index (κ1) is 14.5. The Morgan fingerprint density at radius 3 is 3.05 bits per heavy atom. The number of hydrogen-bond donors (Lipinski definition) is 1. The van der Waals surface area contributed by atoms with Crippen molar-refractivity contribution in [3.8, 4) is 0 Å². The van der Waals surface area contributed by atoms with Gasteiger partial charge >= 0.3 is 0 Å². The summed E-state index contributed by atoms with van der Waals surface area (Å²) in [6.07, 6.45) is 3.91. The second-order valence-corrected chi connectivity index (χ2v) is 5.84. The van der Waals surface area contributed by atoms with E-state index in [1.54, 1.807) is 12.4 Å². The fraction of sp³-hybridized carbons (Fsp3) is 0.308. The van der Waals surface area contributed by atoms with Crippen LogP contribution in [0.15, 0.2) is 35.7 Å². The average molecular weight is 319 g/mol. The van der Waals surface area contributed by atoms with Crippen molar-refractivity contribution in [1.29, 1.82) is 0 Å². The molecule has 114 valence electrons. The quantitative estimate of drug-likeness (QED) is 0.497. The zero-order valence-corrected chi connectivity index (χ0v) is 12.3. The number of benzene rings is 1. The number of nitrogens with zero attached hydrogens (tertiary/aromatic N) is 4. The number of thioether (sulfide) groups is 1. The van der Waals surface area contributed by atoms with Gasteiger partial charge in [0.1, 0.15) is 6.33 Å². The lowest BCUT2D eigenvalue weighted by atomic mass is 10.3. The topological polar surface area (TPSA) is 103 Å². The molecule has 1 N–H and O–H groups in total. The summed E-state index contributed by atoms with van der Waals surface area (Å²) in [5.74, 6) is -0.0653. The van der Waals surface area contributed by atoms with Crippen LogP contribution in [0.5, 0.6) is 0 Å². The molecule has 0 bridgehead atoms. The molecule has 0 atom stereocenters. The molecule has 0 unspecified atom stereocenters. The molecule has 0 radical (unpaired) electrons. The SMILES string of the molecule is O=C(CSc1nncn1C1CC1)Nc1cccc([N+](=O)[O-])c1. The van der Waals surface area contributed by atoms with Gasteiger partial charge in [0, 0.05) is 23.9 Å². The standard InChI is InChI=1S/C13H13N5O3S/c19-12(15-9-2-1-3-11(6-9)18(20)21)7-22-13-16-14-8-17(13)10-4-5-10/h1-3,6,8,10H,4-5,7H2,(H,15,19).